The van der Waals surface area contributed by atoms with E-state index in [4.69, 9.17) is 17.3 Å². The van der Waals surface area contributed by atoms with E-state index in [1.165, 1.54) is 10.4 Å². The molecule has 2 rings (SSSR count). The summed E-state index contributed by atoms with van der Waals surface area (Å²) in [4.78, 5) is 0.147. The molecule has 0 saturated carbocycles. The zero-order chi connectivity index (χ0) is 14.2. The van der Waals surface area contributed by atoms with Crippen molar-refractivity contribution in [1.82, 2.24) is 4.31 Å². The van der Waals surface area contributed by atoms with Crippen LogP contribution in [0.3, 0.4) is 0 Å². The van der Waals surface area contributed by atoms with Crippen LogP contribution in [0.1, 0.15) is 13.3 Å². The van der Waals surface area contributed by atoms with Crippen LogP contribution in [0.5, 0.6) is 0 Å². The third kappa shape index (κ3) is 3.48. The Labute approximate surface area is 139 Å². The van der Waals surface area contributed by atoms with Crippen molar-refractivity contribution in [2.24, 2.45) is 11.7 Å². The summed E-state index contributed by atoms with van der Waals surface area (Å²) >= 11 is 9.32. The van der Waals surface area contributed by atoms with E-state index < -0.39 is 10.0 Å². The summed E-state index contributed by atoms with van der Waals surface area (Å²) in [7, 11) is -3.54. The summed E-state index contributed by atoms with van der Waals surface area (Å²) in [6.07, 6.45) is 0.794. The molecule has 1 heterocycles. The number of nitrogens with zero attached hydrogens (tertiary/aromatic N) is 1. The number of benzene rings is 1. The number of halogens is 3. The third-order valence-corrected chi connectivity index (χ3v) is 6.78. The minimum atomic E-state index is -3.54. The first-order valence-electron chi connectivity index (χ1n) is 6.03. The molecule has 114 valence electrons. The molecule has 0 radical (unpaired) electrons. The van der Waals surface area contributed by atoms with E-state index in [1.54, 1.807) is 12.1 Å². The van der Waals surface area contributed by atoms with Crippen molar-refractivity contribution in [2.45, 2.75) is 24.3 Å². The topological polar surface area (TPSA) is 63.4 Å². The van der Waals surface area contributed by atoms with E-state index in [9.17, 15) is 8.42 Å². The molecule has 2 atom stereocenters. The molecule has 1 aromatic carbocycles. The van der Waals surface area contributed by atoms with Crippen LogP contribution in [0.4, 0.5) is 0 Å². The monoisotopic (exact) mass is 402 g/mol. The van der Waals surface area contributed by atoms with Gasteiger partial charge in [0.15, 0.2) is 0 Å². The molecule has 20 heavy (non-hydrogen) atoms. The molecule has 0 spiro atoms. The van der Waals surface area contributed by atoms with Crippen LogP contribution < -0.4 is 5.73 Å². The van der Waals surface area contributed by atoms with Gasteiger partial charge in [0.2, 0.25) is 10.0 Å². The molecule has 1 aliphatic rings. The number of rotatable bonds is 3. The van der Waals surface area contributed by atoms with Gasteiger partial charge in [0, 0.05) is 23.6 Å². The highest BCUT2D eigenvalue weighted by atomic mass is 79.9. The Kier molecular flexibility index (Phi) is 6.32. The Bertz CT molecular complexity index is 581. The molecule has 2 unspecified atom stereocenters. The van der Waals surface area contributed by atoms with Crippen LogP contribution in [0, 0.1) is 5.92 Å². The van der Waals surface area contributed by atoms with Crippen molar-refractivity contribution < 1.29 is 8.42 Å². The van der Waals surface area contributed by atoms with Gasteiger partial charge in [-0.25, -0.2) is 8.42 Å². The zero-order valence-corrected chi connectivity index (χ0v) is 14.9. The lowest BCUT2D eigenvalue weighted by Crippen LogP contribution is -2.33. The summed E-state index contributed by atoms with van der Waals surface area (Å²) in [5, 5.41) is 0.228. The summed E-state index contributed by atoms with van der Waals surface area (Å²) in [6.45, 7) is 2.87. The van der Waals surface area contributed by atoms with Gasteiger partial charge in [-0.05, 0) is 47.3 Å². The molecule has 1 fully saturated rings. The van der Waals surface area contributed by atoms with Crippen LogP contribution in [-0.4, -0.2) is 31.9 Å². The first kappa shape index (κ1) is 18.2. The number of sulfonamides is 1. The molecule has 0 amide bonds. The van der Waals surface area contributed by atoms with Gasteiger partial charge in [-0.15, -0.1) is 12.4 Å². The lowest BCUT2D eigenvalue weighted by Gasteiger charge is -2.19. The van der Waals surface area contributed by atoms with Crippen molar-refractivity contribution in [1.29, 1.82) is 0 Å². The predicted octanol–water partition coefficient (Wildman–Crippen LogP) is 2.88. The van der Waals surface area contributed by atoms with Gasteiger partial charge < -0.3 is 5.73 Å². The largest absolute Gasteiger partial charge is 0.328 e. The molecule has 2 N–H and O–H groups in total. The maximum Gasteiger partial charge on any atom is 0.244 e. The molecule has 1 aromatic rings. The predicted molar refractivity (Wildman–Crippen MR) is 86.9 cm³/mol. The highest BCUT2D eigenvalue weighted by molar-refractivity contribution is 9.10. The first-order valence-corrected chi connectivity index (χ1v) is 8.65. The second-order valence-electron chi connectivity index (χ2n) is 4.82. The molecule has 0 aromatic heterocycles. The van der Waals surface area contributed by atoms with Gasteiger partial charge >= 0.3 is 0 Å². The molecule has 0 aliphatic carbocycles. The summed E-state index contributed by atoms with van der Waals surface area (Å²) < 4.78 is 27.2. The highest BCUT2D eigenvalue weighted by Crippen LogP contribution is 2.33. The van der Waals surface area contributed by atoms with Crippen LogP contribution in [0.15, 0.2) is 27.6 Å². The summed E-state index contributed by atoms with van der Waals surface area (Å²) in [5.74, 6) is 0.209. The maximum atomic E-state index is 12.6. The summed E-state index contributed by atoms with van der Waals surface area (Å²) in [5.41, 5.74) is 5.84. The van der Waals surface area contributed by atoms with E-state index in [-0.39, 0.29) is 34.3 Å². The van der Waals surface area contributed by atoms with E-state index in [0.29, 0.717) is 17.6 Å². The molecular formula is C12H17BrCl2N2O2S. The van der Waals surface area contributed by atoms with Crippen LogP contribution in [-0.2, 0) is 10.0 Å². The third-order valence-electron chi connectivity index (χ3n) is 3.46. The van der Waals surface area contributed by atoms with Crippen molar-refractivity contribution in [3.05, 3.63) is 27.7 Å². The van der Waals surface area contributed by atoms with Gasteiger partial charge in [0.05, 0.1) is 5.02 Å². The lowest BCUT2D eigenvalue weighted by atomic mass is 10.0. The Balaban J connectivity index is 0.00000200. The molecule has 1 saturated heterocycles. The smallest absolute Gasteiger partial charge is 0.244 e. The number of hydrogen-bond acceptors (Lipinski definition) is 3. The van der Waals surface area contributed by atoms with Crippen molar-refractivity contribution in [3.63, 3.8) is 0 Å². The van der Waals surface area contributed by atoms with Gasteiger partial charge in [0.1, 0.15) is 4.90 Å². The second-order valence-corrected chi connectivity index (χ2v) is 7.96. The highest BCUT2D eigenvalue weighted by Gasteiger charge is 2.35. The quantitative estimate of drug-likeness (QED) is 0.843. The fourth-order valence-electron chi connectivity index (χ4n) is 2.22. The zero-order valence-electron chi connectivity index (χ0n) is 10.9. The maximum absolute atomic E-state index is 12.6. The number of hydrogen-bond donors (Lipinski definition) is 1. The fraction of sp³-hybridized carbons (Fsp3) is 0.500. The average molecular weight is 404 g/mol. The SMILES string of the molecule is CC(N)C1CCN(S(=O)(=O)c2cccc(Br)c2Cl)C1.Cl. The van der Waals surface area contributed by atoms with E-state index in [0.717, 1.165) is 6.42 Å². The van der Waals surface area contributed by atoms with Crippen LogP contribution in [0.25, 0.3) is 0 Å². The normalized spacial score (nSPS) is 21.5. The van der Waals surface area contributed by atoms with E-state index >= 15 is 0 Å². The standard InChI is InChI=1S/C12H16BrClN2O2S.ClH/c1-8(15)9-5-6-16(7-9)19(17,18)11-4-2-3-10(13)12(11)14;/h2-4,8-9H,5-7,15H2,1H3;1H. The summed E-state index contributed by atoms with van der Waals surface area (Å²) in [6, 6.07) is 4.91. The van der Waals surface area contributed by atoms with Crippen molar-refractivity contribution >= 4 is 50.0 Å². The van der Waals surface area contributed by atoms with Gasteiger partial charge in [0.25, 0.3) is 0 Å². The van der Waals surface area contributed by atoms with Gasteiger partial charge in [-0.1, -0.05) is 17.7 Å². The van der Waals surface area contributed by atoms with Crippen LogP contribution >= 0.6 is 39.9 Å². The first-order chi connectivity index (χ1) is 8.84. The van der Waals surface area contributed by atoms with E-state index in [1.807, 2.05) is 6.92 Å². The Morgan fingerprint density at radius 2 is 2.15 bits per heavy atom. The van der Waals surface area contributed by atoms with Gasteiger partial charge in [-0.3, -0.25) is 0 Å². The lowest BCUT2D eigenvalue weighted by molar-refractivity contribution is 0.429. The molecule has 0 bridgehead atoms. The minimum absolute atomic E-state index is 0. The van der Waals surface area contributed by atoms with Crippen molar-refractivity contribution in [2.75, 3.05) is 13.1 Å². The molecule has 8 heteroatoms. The van der Waals surface area contributed by atoms with E-state index in [2.05, 4.69) is 15.9 Å². The number of nitrogens with two attached hydrogens (primary N) is 1. The van der Waals surface area contributed by atoms with Crippen LogP contribution in [0.2, 0.25) is 5.02 Å². The average Bonchev–Trinajstić information content (AvgIpc) is 2.82. The fourth-order valence-corrected chi connectivity index (χ4v) is 4.74. The van der Waals surface area contributed by atoms with Crippen molar-refractivity contribution in [3.8, 4) is 0 Å². The Morgan fingerprint density at radius 3 is 2.70 bits per heavy atom. The molecular weight excluding hydrogens is 387 g/mol. The second kappa shape index (κ2) is 6.94. The molecule has 4 nitrogen and oxygen atoms in total. The minimum Gasteiger partial charge on any atom is -0.328 e. The molecule has 1 aliphatic heterocycles. The van der Waals surface area contributed by atoms with Gasteiger partial charge in [-0.2, -0.15) is 4.31 Å². The Hall–Kier alpha value is 0.150. The Morgan fingerprint density at radius 1 is 1.50 bits per heavy atom.